The van der Waals surface area contributed by atoms with E-state index in [0.29, 0.717) is 18.2 Å². The van der Waals surface area contributed by atoms with Gasteiger partial charge in [0.25, 0.3) is 0 Å². The van der Waals surface area contributed by atoms with Crippen molar-refractivity contribution >= 4 is 49.1 Å². The van der Waals surface area contributed by atoms with Crippen LogP contribution in [-0.2, 0) is 4.79 Å². The van der Waals surface area contributed by atoms with Crippen molar-refractivity contribution in [2.75, 3.05) is 23.3 Å². The van der Waals surface area contributed by atoms with Crippen molar-refractivity contribution in [3.05, 3.63) is 53.9 Å². The number of aromatic nitrogens is 3. The largest absolute Gasteiger partial charge is 0.346 e. The van der Waals surface area contributed by atoms with Crippen molar-refractivity contribution in [1.82, 2.24) is 15.0 Å². The first-order valence-corrected chi connectivity index (χ1v) is 10.3. The normalized spacial score (nSPS) is 14.2. The minimum Gasteiger partial charge on any atom is -0.346 e. The molecule has 1 aliphatic rings. The van der Waals surface area contributed by atoms with Crippen LogP contribution >= 0.6 is 22.7 Å². The fraction of sp³-hybridized carbons (Fsp3) is 0.158. The second-order valence-corrected chi connectivity index (χ2v) is 8.35. The van der Waals surface area contributed by atoms with Crippen LogP contribution in [0.15, 0.2) is 48.1 Å². The van der Waals surface area contributed by atoms with Gasteiger partial charge in [-0.3, -0.25) is 9.78 Å². The van der Waals surface area contributed by atoms with Gasteiger partial charge in [-0.15, -0.1) is 11.3 Å². The molecule has 0 unspecified atom stereocenters. The van der Waals surface area contributed by atoms with Gasteiger partial charge >= 0.3 is 0 Å². The van der Waals surface area contributed by atoms with Crippen molar-refractivity contribution in [3.63, 3.8) is 0 Å². The molecule has 0 bridgehead atoms. The van der Waals surface area contributed by atoms with Crippen molar-refractivity contribution in [2.45, 2.75) is 0 Å². The lowest BCUT2D eigenvalue weighted by molar-refractivity contribution is -0.120. The Morgan fingerprint density at radius 1 is 1.25 bits per heavy atom. The summed E-state index contributed by atoms with van der Waals surface area (Å²) in [6.45, 7) is 1.18. The van der Waals surface area contributed by atoms with Gasteiger partial charge in [0.05, 0.1) is 21.8 Å². The SMILES string of the molecule is O=C(Nc1nc(-c2cccnc2)cs1)C1CN(c2nc3ccc(F)cc3s2)C1. The maximum atomic E-state index is 13.3. The van der Waals surface area contributed by atoms with Crippen LogP contribution < -0.4 is 10.2 Å². The number of carbonyl (C=O) groups is 1. The number of thiazole rings is 2. The van der Waals surface area contributed by atoms with Crippen molar-refractivity contribution in [2.24, 2.45) is 5.92 Å². The van der Waals surface area contributed by atoms with Crippen LogP contribution in [0.25, 0.3) is 21.5 Å². The van der Waals surface area contributed by atoms with Gasteiger partial charge in [0.15, 0.2) is 10.3 Å². The highest BCUT2D eigenvalue weighted by Crippen LogP contribution is 2.34. The van der Waals surface area contributed by atoms with E-state index < -0.39 is 0 Å². The molecule has 0 aliphatic carbocycles. The van der Waals surface area contributed by atoms with Gasteiger partial charge in [0.1, 0.15) is 5.82 Å². The predicted octanol–water partition coefficient (Wildman–Crippen LogP) is 4.03. The zero-order valence-corrected chi connectivity index (χ0v) is 16.1. The molecule has 1 aromatic carbocycles. The Balaban J connectivity index is 1.21. The Hall–Kier alpha value is -2.91. The van der Waals surface area contributed by atoms with Crippen LogP contribution in [0.5, 0.6) is 0 Å². The number of halogens is 1. The van der Waals surface area contributed by atoms with Crippen molar-refractivity contribution < 1.29 is 9.18 Å². The van der Waals surface area contributed by atoms with E-state index in [1.807, 2.05) is 22.4 Å². The number of pyridine rings is 1. The molecule has 28 heavy (non-hydrogen) atoms. The fourth-order valence-corrected chi connectivity index (χ4v) is 4.74. The predicted molar refractivity (Wildman–Crippen MR) is 109 cm³/mol. The lowest BCUT2D eigenvalue weighted by Crippen LogP contribution is -2.52. The summed E-state index contributed by atoms with van der Waals surface area (Å²) < 4.78 is 14.1. The Labute approximate surface area is 167 Å². The van der Waals surface area contributed by atoms with E-state index in [9.17, 15) is 9.18 Å². The first-order chi connectivity index (χ1) is 13.7. The minimum absolute atomic E-state index is 0.0458. The Kier molecular flexibility index (Phi) is 4.25. The Morgan fingerprint density at radius 3 is 2.96 bits per heavy atom. The van der Waals surface area contributed by atoms with E-state index in [4.69, 9.17) is 0 Å². The van der Waals surface area contributed by atoms with Gasteiger partial charge in [0.2, 0.25) is 5.91 Å². The molecule has 4 heterocycles. The topological polar surface area (TPSA) is 71.0 Å². The third-order valence-corrected chi connectivity index (χ3v) is 6.39. The summed E-state index contributed by atoms with van der Waals surface area (Å²) in [5, 5.41) is 6.20. The van der Waals surface area contributed by atoms with E-state index in [2.05, 4.69) is 20.3 Å². The zero-order valence-electron chi connectivity index (χ0n) is 14.5. The van der Waals surface area contributed by atoms with E-state index >= 15 is 0 Å². The quantitative estimate of drug-likeness (QED) is 0.549. The second kappa shape index (κ2) is 6.92. The molecular formula is C19H14FN5OS2. The molecule has 9 heteroatoms. The summed E-state index contributed by atoms with van der Waals surface area (Å²) in [7, 11) is 0. The number of benzene rings is 1. The van der Waals surface area contributed by atoms with Gasteiger partial charge in [-0.25, -0.2) is 14.4 Å². The second-order valence-electron chi connectivity index (χ2n) is 6.48. The summed E-state index contributed by atoms with van der Waals surface area (Å²) >= 11 is 2.84. The third-order valence-electron chi connectivity index (χ3n) is 4.55. The molecule has 1 N–H and O–H groups in total. The maximum absolute atomic E-state index is 13.3. The van der Waals surface area contributed by atoms with Crippen LogP contribution in [0.3, 0.4) is 0 Å². The number of anilines is 2. The molecule has 5 rings (SSSR count). The van der Waals surface area contributed by atoms with Crippen molar-refractivity contribution in [1.29, 1.82) is 0 Å². The zero-order chi connectivity index (χ0) is 19.1. The molecule has 1 saturated heterocycles. The molecular weight excluding hydrogens is 397 g/mol. The van der Waals surface area contributed by atoms with Crippen LogP contribution in [0.2, 0.25) is 0 Å². The third kappa shape index (κ3) is 3.23. The van der Waals surface area contributed by atoms with Gasteiger partial charge in [0, 0.05) is 36.4 Å². The minimum atomic E-state index is -0.266. The number of nitrogens with zero attached hydrogens (tertiary/aromatic N) is 4. The van der Waals surface area contributed by atoms with Gasteiger partial charge in [-0.05, 0) is 30.3 Å². The molecule has 1 fully saturated rings. The van der Waals surface area contributed by atoms with Crippen LogP contribution in [0.4, 0.5) is 14.7 Å². The highest BCUT2D eigenvalue weighted by Gasteiger charge is 2.34. The van der Waals surface area contributed by atoms with Crippen molar-refractivity contribution in [3.8, 4) is 11.3 Å². The van der Waals surface area contributed by atoms with Crippen LogP contribution in [-0.4, -0.2) is 33.9 Å². The first-order valence-electron chi connectivity index (χ1n) is 8.63. The monoisotopic (exact) mass is 411 g/mol. The molecule has 1 aliphatic heterocycles. The summed E-state index contributed by atoms with van der Waals surface area (Å²) in [4.78, 5) is 27.6. The molecule has 0 radical (unpaired) electrons. The van der Waals surface area contributed by atoms with E-state index in [1.54, 1.807) is 18.5 Å². The first kappa shape index (κ1) is 17.2. The number of amides is 1. The average Bonchev–Trinajstić information content (AvgIpc) is 3.28. The molecule has 4 aromatic rings. The van der Waals surface area contributed by atoms with E-state index in [-0.39, 0.29) is 17.6 Å². The van der Waals surface area contributed by atoms with Gasteiger partial charge < -0.3 is 10.2 Å². The van der Waals surface area contributed by atoms with Gasteiger partial charge in [-0.1, -0.05) is 11.3 Å². The highest BCUT2D eigenvalue weighted by molar-refractivity contribution is 7.22. The number of hydrogen-bond donors (Lipinski definition) is 1. The Morgan fingerprint density at radius 2 is 2.14 bits per heavy atom. The molecule has 3 aromatic heterocycles. The molecule has 0 saturated carbocycles. The van der Waals surface area contributed by atoms with E-state index in [1.165, 1.54) is 34.8 Å². The number of rotatable bonds is 4. The summed E-state index contributed by atoms with van der Waals surface area (Å²) in [6.07, 6.45) is 3.46. The van der Waals surface area contributed by atoms with Crippen LogP contribution in [0, 0.1) is 11.7 Å². The number of fused-ring (bicyclic) bond motifs is 1. The molecule has 1 amide bonds. The van der Waals surface area contributed by atoms with Crippen LogP contribution in [0.1, 0.15) is 0 Å². The fourth-order valence-electron chi connectivity index (χ4n) is 3.01. The standard InChI is InChI=1S/C19H14FN5OS2/c20-13-3-4-14-16(6-13)28-19(23-14)25-8-12(9-25)17(26)24-18-22-15(10-27-18)11-2-1-5-21-7-11/h1-7,10,12H,8-9H2,(H,22,24,26). The molecule has 140 valence electrons. The van der Waals surface area contributed by atoms with Gasteiger partial charge in [-0.2, -0.15) is 0 Å². The molecule has 0 spiro atoms. The summed E-state index contributed by atoms with van der Waals surface area (Å²) in [5.74, 6) is -0.428. The smallest absolute Gasteiger partial charge is 0.232 e. The summed E-state index contributed by atoms with van der Waals surface area (Å²) in [6, 6.07) is 8.36. The molecule has 6 nitrogen and oxygen atoms in total. The summed E-state index contributed by atoms with van der Waals surface area (Å²) in [5.41, 5.74) is 2.49. The number of carbonyl (C=O) groups excluding carboxylic acids is 1. The number of nitrogens with one attached hydrogen (secondary N) is 1. The maximum Gasteiger partial charge on any atom is 0.232 e. The lowest BCUT2D eigenvalue weighted by Gasteiger charge is -2.37. The number of hydrogen-bond acceptors (Lipinski definition) is 7. The Bertz CT molecular complexity index is 1150. The lowest BCUT2D eigenvalue weighted by atomic mass is 10.0. The van der Waals surface area contributed by atoms with E-state index in [0.717, 1.165) is 26.6 Å². The molecule has 0 atom stereocenters. The highest BCUT2D eigenvalue weighted by atomic mass is 32.1. The average molecular weight is 411 g/mol.